The molecule has 1 saturated carbocycles. The molecule has 2 fully saturated rings. The topological polar surface area (TPSA) is 40.5 Å². The van der Waals surface area contributed by atoms with E-state index in [-0.39, 0.29) is 6.04 Å². The van der Waals surface area contributed by atoms with Crippen LogP contribution in [0.25, 0.3) is 0 Å². The highest BCUT2D eigenvalue weighted by molar-refractivity contribution is 5.67. The molecule has 2 aliphatic rings. The maximum Gasteiger partial charge on any atom is 0.404 e. The number of hydrogen-bond acceptors (Lipinski definition) is 2. The van der Waals surface area contributed by atoms with Gasteiger partial charge in [0.25, 0.3) is 0 Å². The third-order valence-electron chi connectivity index (χ3n) is 4.43. The lowest BCUT2D eigenvalue weighted by atomic mass is 9.77. The Hall–Kier alpha value is -0.780. The fourth-order valence-corrected chi connectivity index (χ4v) is 3.64. The van der Waals surface area contributed by atoms with E-state index < -0.39 is 24.6 Å². The largest absolute Gasteiger partial charge is 0.481 e. The van der Waals surface area contributed by atoms with Gasteiger partial charge in [-0.2, -0.15) is 13.2 Å². The summed E-state index contributed by atoms with van der Waals surface area (Å²) in [4.78, 5) is 12.2. The normalized spacial score (nSPS) is 30.7. The quantitative estimate of drug-likeness (QED) is 0.863. The van der Waals surface area contributed by atoms with E-state index in [1.165, 1.54) is 4.90 Å². The van der Waals surface area contributed by atoms with Crippen LogP contribution in [0.5, 0.6) is 0 Å². The molecule has 1 heterocycles. The fourth-order valence-electron chi connectivity index (χ4n) is 3.64. The zero-order chi connectivity index (χ0) is 14.0. The van der Waals surface area contributed by atoms with Crippen molar-refractivity contribution in [2.75, 3.05) is 6.54 Å². The van der Waals surface area contributed by atoms with E-state index in [1.807, 2.05) is 0 Å². The first-order valence-electron chi connectivity index (χ1n) is 6.94. The second-order valence-electron chi connectivity index (χ2n) is 5.65. The van der Waals surface area contributed by atoms with E-state index in [9.17, 15) is 18.0 Å². The number of carbonyl (C=O) groups is 1. The SMILES string of the molecule is O=C(O)CC(N1CCC[C@H]2CCCC[C@H]21)C(F)(F)F. The Balaban J connectivity index is 2.16. The smallest absolute Gasteiger partial charge is 0.404 e. The van der Waals surface area contributed by atoms with Crippen LogP contribution in [0.4, 0.5) is 13.2 Å². The van der Waals surface area contributed by atoms with Gasteiger partial charge in [0.05, 0.1) is 6.42 Å². The van der Waals surface area contributed by atoms with Crippen molar-refractivity contribution in [3.05, 3.63) is 0 Å². The summed E-state index contributed by atoms with van der Waals surface area (Å²) >= 11 is 0. The van der Waals surface area contributed by atoms with E-state index in [2.05, 4.69) is 0 Å². The Morgan fingerprint density at radius 1 is 1.21 bits per heavy atom. The lowest BCUT2D eigenvalue weighted by Gasteiger charge is -2.47. The van der Waals surface area contributed by atoms with Gasteiger partial charge < -0.3 is 5.11 Å². The number of carboxylic acids is 1. The van der Waals surface area contributed by atoms with Gasteiger partial charge in [-0.25, -0.2) is 0 Å². The van der Waals surface area contributed by atoms with Gasteiger partial charge in [-0.15, -0.1) is 0 Å². The molecular formula is C13H20F3NO2. The molecule has 19 heavy (non-hydrogen) atoms. The molecule has 3 nitrogen and oxygen atoms in total. The van der Waals surface area contributed by atoms with Gasteiger partial charge in [0.2, 0.25) is 0 Å². The molecule has 3 atom stereocenters. The maximum absolute atomic E-state index is 13.1. The molecule has 1 unspecified atom stereocenters. The predicted molar refractivity (Wildman–Crippen MR) is 63.8 cm³/mol. The highest BCUT2D eigenvalue weighted by Gasteiger charge is 2.49. The Morgan fingerprint density at radius 3 is 2.47 bits per heavy atom. The molecule has 110 valence electrons. The van der Waals surface area contributed by atoms with Crippen LogP contribution in [0.2, 0.25) is 0 Å². The third kappa shape index (κ3) is 3.41. The van der Waals surface area contributed by atoms with Crippen LogP contribution in [0.15, 0.2) is 0 Å². The molecule has 1 N–H and O–H groups in total. The average Bonchev–Trinajstić information content (AvgIpc) is 2.34. The average molecular weight is 279 g/mol. The van der Waals surface area contributed by atoms with Crippen LogP contribution in [-0.2, 0) is 4.79 Å². The molecule has 0 spiro atoms. The van der Waals surface area contributed by atoms with Crippen LogP contribution in [-0.4, -0.2) is 40.8 Å². The summed E-state index contributed by atoms with van der Waals surface area (Å²) < 4.78 is 39.4. The Morgan fingerprint density at radius 2 is 1.84 bits per heavy atom. The molecule has 2 rings (SSSR count). The molecular weight excluding hydrogens is 259 g/mol. The Kier molecular flexibility index (Phi) is 4.38. The molecule has 1 aliphatic heterocycles. The minimum atomic E-state index is -4.46. The molecule has 0 aromatic rings. The molecule has 6 heteroatoms. The van der Waals surface area contributed by atoms with Gasteiger partial charge in [-0.05, 0) is 38.1 Å². The summed E-state index contributed by atoms with van der Waals surface area (Å²) in [5, 5.41) is 8.75. The van der Waals surface area contributed by atoms with Gasteiger partial charge in [-0.1, -0.05) is 12.8 Å². The van der Waals surface area contributed by atoms with E-state index in [1.54, 1.807) is 0 Å². The maximum atomic E-state index is 13.1. The lowest BCUT2D eigenvalue weighted by Crippen LogP contribution is -2.56. The van der Waals surface area contributed by atoms with Crippen molar-refractivity contribution < 1.29 is 23.1 Å². The van der Waals surface area contributed by atoms with Gasteiger partial charge in [0.15, 0.2) is 0 Å². The molecule has 0 bridgehead atoms. The van der Waals surface area contributed by atoms with Crippen molar-refractivity contribution in [3.8, 4) is 0 Å². The van der Waals surface area contributed by atoms with E-state index in [0.29, 0.717) is 12.5 Å². The van der Waals surface area contributed by atoms with Gasteiger partial charge in [-0.3, -0.25) is 9.69 Å². The molecule has 0 aromatic carbocycles. The van der Waals surface area contributed by atoms with Crippen molar-refractivity contribution in [2.24, 2.45) is 5.92 Å². The first-order chi connectivity index (χ1) is 8.89. The van der Waals surface area contributed by atoms with Crippen molar-refractivity contribution in [1.82, 2.24) is 4.90 Å². The van der Waals surface area contributed by atoms with Crippen LogP contribution >= 0.6 is 0 Å². The number of rotatable bonds is 3. The Labute approximate surface area is 110 Å². The van der Waals surface area contributed by atoms with Crippen LogP contribution in [0, 0.1) is 5.92 Å². The standard InChI is InChI=1S/C13H20F3NO2/c14-13(15,16)11(8-12(18)19)17-7-3-5-9-4-1-2-6-10(9)17/h9-11H,1-8H2,(H,18,19)/t9-,10-,11?/m1/s1. The molecule has 1 saturated heterocycles. The summed E-state index contributed by atoms with van der Waals surface area (Å²) in [6.45, 7) is 0.374. The number of alkyl halides is 3. The molecule has 1 aliphatic carbocycles. The second kappa shape index (κ2) is 5.69. The summed E-state index contributed by atoms with van der Waals surface area (Å²) in [7, 11) is 0. The summed E-state index contributed by atoms with van der Waals surface area (Å²) in [5.41, 5.74) is 0. The fraction of sp³-hybridized carbons (Fsp3) is 0.923. The second-order valence-corrected chi connectivity index (χ2v) is 5.65. The van der Waals surface area contributed by atoms with Crippen molar-refractivity contribution >= 4 is 5.97 Å². The number of carboxylic acid groups (broad SMARTS) is 1. The monoisotopic (exact) mass is 279 g/mol. The Bertz CT molecular complexity index is 330. The number of halogens is 3. The highest BCUT2D eigenvalue weighted by Crippen LogP contribution is 2.40. The zero-order valence-electron chi connectivity index (χ0n) is 10.8. The summed E-state index contributed by atoms with van der Waals surface area (Å²) in [6, 6.07) is -1.90. The number of hydrogen-bond donors (Lipinski definition) is 1. The van der Waals surface area contributed by atoms with Crippen LogP contribution in [0.3, 0.4) is 0 Å². The molecule has 0 amide bonds. The van der Waals surface area contributed by atoms with E-state index in [4.69, 9.17) is 5.11 Å². The zero-order valence-corrected chi connectivity index (χ0v) is 10.8. The highest BCUT2D eigenvalue weighted by atomic mass is 19.4. The van der Waals surface area contributed by atoms with Crippen LogP contribution < -0.4 is 0 Å². The summed E-state index contributed by atoms with van der Waals surface area (Å²) in [6.07, 6.45) is 0.228. The minimum Gasteiger partial charge on any atom is -0.481 e. The van der Waals surface area contributed by atoms with Crippen molar-refractivity contribution in [1.29, 1.82) is 0 Å². The number of piperidine rings is 1. The van der Waals surface area contributed by atoms with E-state index in [0.717, 1.165) is 38.5 Å². The number of aliphatic carboxylic acids is 1. The van der Waals surface area contributed by atoms with Gasteiger partial charge >= 0.3 is 12.1 Å². The predicted octanol–water partition coefficient (Wildman–Crippen LogP) is 3.05. The first-order valence-corrected chi connectivity index (χ1v) is 6.94. The first kappa shape index (κ1) is 14.6. The van der Waals surface area contributed by atoms with Crippen LogP contribution in [0.1, 0.15) is 44.9 Å². The number of nitrogens with zero attached hydrogens (tertiary/aromatic N) is 1. The molecule has 0 aromatic heterocycles. The lowest BCUT2D eigenvalue weighted by molar-refractivity contribution is -0.203. The summed E-state index contributed by atoms with van der Waals surface area (Å²) in [5.74, 6) is -1.05. The van der Waals surface area contributed by atoms with Crippen molar-refractivity contribution in [3.63, 3.8) is 0 Å². The van der Waals surface area contributed by atoms with Crippen molar-refractivity contribution in [2.45, 2.75) is 63.2 Å². The third-order valence-corrected chi connectivity index (χ3v) is 4.43. The van der Waals surface area contributed by atoms with Gasteiger partial charge in [0, 0.05) is 6.04 Å². The minimum absolute atomic E-state index is 0.0755. The van der Waals surface area contributed by atoms with Gasteiger partial charge in [0.1, 0.15) is 6.04 Å². The van der Waals surface area contributed by atoms with E-state index >= 15 is 0 Å². The number of likely N-dealkylation sites (tertiary alicyclic amines) is 1. The molecule has 0 radical (unpaired) electrons. The number of fused-ring (bicyclic) bond motifs is 1.